The van der Waals surface area contributed by atoms with Crippen molar-refractivity contribution >= 4 is 22.4 Å². The van der Waals surface area contributed by atoms with Crippen molar-refractivity contribution in [1.29, 1.82) is 0 Å². The highest BCUT2D eigenvalue weighted by Gasteiger charge is 2.33. The average molecular weight is 387 g/mol. The van der Waals surface area contributed by atoms with Crippen molar-refractivity contribution in [3.05, 3.63) is 65.0 Å². The van der Waals surface area contributed by atoms with E-state index in [0.29, 0.717) is 0 Å². The standard InChI is InChI=1S/C25H30N4/c1-15-17(3)29(18(4)16(2)25(15,5)6)19-12-13-20(21(26)14-19)24-27-22-10-8-9-11-23(22)28(24)7/h8-14H,26H2,1-7H3. The smallest absolute Gasteiger partial charge is 0.142 e. The van der Waals surface area contributed by atoms with Crippen LogP contribution in [-0.4, -0.2) is 9.55 Å². The molecule has 0 bridgehead atoms. The molecular weight excluding hydrogens is 356 g/mol. The summed E-state index contributed by atoms with van der Waals surface area (Å²) in [5.74, 6) is 0.891. The van der Waals surface area contributed by atoms with Gasteiger partial charge in [-0.1, -0.05) is 26.0 Å². The maximum atomic E-state index is 6.55. The van der Waals surface area contributed by atoms with Crippen LogP contribution in [-0.2, 0) is 7.05 Å². The molecule has 0 fully saturated rings. The highest BCUT2D eigenvalue weighted by Crippen LogP contribution is 2.46. The number of nitrogen functional groups attached to an aromatic ring is 1. The number of anilines is 2. The summed E-state index contributed by atoms with van der Waals surface area (Å²) in [6.07, 6.45) is 0. The molecule has 0 aliphatic carbocycles. The molecular formula is C25H30N4. The molecule has 1 aliphatic rings. The summed E-state index contributed by atoms with van der Waals surface area (Å²) < 4.78 is 2.11. The molecule has 4 heteroatoms. The Kier molecular flexibility index (Phi) is 4.34. The van der Waals surface area contributed by atoms with Crippen molar-refractivity contribution in [3.8, 4) is 11.4 Å². The monoisotopic (exact) mass is 386 g/mol. The molecule has 0 saturated carbocycles. The van der Waals surface area contributed by atoms with E-state index in [-0.39, 0.29) is 5.41 Å². The summed E-state index contributed by atoms with van der Waals surface area (Å²) in [4.78, 5) is 7.13. The summed E-state index contributed by atoms with van der Waals surface area (Å²) in [6.45, 7) is 13.5. The van der Waals surface area contributed by atoms with Gasteiger partial charge in [-0.15, -0.1) is 0 Å². The number of para-hydroxylation sites is 2. The van der Waals surface area contributed by atoms with Gasteiger partial charge in [0.1, 0.15) is 5.82 Å². The number of allylic oxidation sites excluding steroid dienone is 4. The molecule has 0 atom stereocenters. The van der Waals surface area contributed by atoms with Gasteiger partial charge in [-0.3, -0.25) is 0 Å². The van der Waals surface area contributed by atoms with Crippen LogP contribution in [0.15, 0.2) is 65.0 Å². The van der Waals surface area contributed by atoms with Crippen molar-refractivity contribution in [2.45, 2.75) is 41.5 Å². The first-order valence-corrected chi connectivity index (χ1v) is 10.1. The molecule has 2 N–H and O–H groups in total. The van der Waals surface area contributed by atoms with E-state index in [1.807, 2.05) is 25.2 Å². The van der Waals surface area contributed by atoms with E-state index < -0.39 is 0 Å². The fourth-order valence-corrected chi connectivity index (χ4v) is 4.44. The molecule has 4 nitrogen and oxygen atoms in total. The predicted molar refractivity (Wildman–Crippen MR) is 124 cm³/mol. The first-order chi connectivity index (χ1) is 13.6. The van der Waals surface area contributed by atoms with Gasteiger partial charge in [0.25, 0.3) is 0 Å². The van der Waals surface area contributed by atoms with Crippen LogP contribution in [0, 0.1) is 5.41 Å². The highest BCUT2D eigenvalue weighted by atomic mass is 15.2. The number of nitrogens with zero attached hydrogens (tertiary/aromatic N) is 3. The van der Waals surface area contributed by atoms with E-state index >= 15 is 0 Å². The number of hydrogen-bond donors (Lipinski definition) is 1. The van der Waals surface area contributed by atoms with Crippen LogP contribution in [0.25, 0.3) is 22.4 Å². The lowest BCUT2D eigenvalue weighted by Gasteiger charge is -2.42. The van der Waals surface area contributed by atoms with E-state index in [0.717, 1.165) is 33.8 Å². The number of benzene rings is 2. The zero-order chi connectivity index (χ0) is 21.1. The van der Waals surface area contributed by atoms with Crippen LogP contribution < -0.4 is 10.6 Å². The summed E-state index contributed by atoms with van der Waals surface area (Å²) in [6, 6.07) is 14.5. The zero-order valence-electron chi connectivity index (χ0n) is 18.5. The van der Waals surface area contributed by atoms with Gasteiger partial charge < -0.3 is 15.2 Å². The largest absolute Gasteiger partial charge is 0.398 e. The zero-order valence-corrected chi connectivity index (χ0v) is 18.5. The first kappa shape index (κ1) is 19.3. The molecule has 150 valence electrons. The van der Waals surface area contributed by atoms with Gasteiger partial charge in [0.2, 0.25) is 0 Å². The summed E-state index contributed by atoms with van der Waals surface area (Å²) in [5, 5.41) is 0. The van der Waals surface area contributed by atoms with Gasteiger partial charge in [0.15, 0.2) is 0 Å². The van der Waals surface area contributed by atoms with Gasteiger partial charge in [-0.25, -0.2) is 4.98 Å². The molecule has 29 heavy (non-hydrogen) atoms. The molecule has 0 spiro atoms. The van der Waals surface area contributed by atoms with Gasteiger partial charge >= 0.3 is 0 Å². The SMILES string of the molecule is CC1=C(C)C(C)(C)C(C)=C(C)N1c1ccc(-c2nc3ccccc3n2C)c(N)c1. The third kappa shape index (κ3) is 2.78. The fourth-order valence-electron chi connectivity index (χ4n) is 4.44. The van der Waals surface area contributed by atoms with Crippen LogP contribution in [0.1, 0.15) is 41.5 Å². The lowest BCUT2D eigenvalue weighted by Crippen LogP contribution is -2.32. The minimum atomic E-state index is 0.0726. The Hall–Kier alpha value is -3.01. The van der Waals surface area contributed by atoms with E-state index in [1.54, 1.807) is 0 Å². The second kappa shape index (κ2) is 6.51. The van der Waals surface area contributed by atoms with E-state index in [2.05, 4.69) is 75.3 Å². The Morgan fingerprint density at radius 2 is 1.52 bits per heavy atom. The van der Waals surface area contributed by atoms with Crippen LogP contribution in [0.3, 0.4) is 0 Å². The molecule has 4 rings (SSSR count). The minimum Gasteiger partial charge on any atom is -0.398 e. The summed E-state index contributed by atoms with van der Waals surface area (Å²) in [5.41, 5.74) is 16.8. The highest BCUT2D eigenvalue weighted by molar-refractivity contribution is 5.85. The molecule has 0 unspecified atom stereocenters. The molecule has 1 aromatic heterocycles. The molecule has 2 aromatic carbocycles. The number of hydrogen-bond acceptors (Lipinski definition) is 3. The third-order valence-corrected chi connectivity index (χ3v) is 6.95. The summed E-state index contributed by atoms with van der Waals surface area (Å²) in [7, 11) is 2.04. The Bertz CT molecular complexity index is 1160. The van der Waals surface area contributed by atoms with Crippen LogP contribution in [0.4, 0.5) is 11.4 Å². The Morgan fingerprint density at radius 1 is 0.897 bits per heavy atom. The van der Waals surface area contributed by atoms with Gasteiger partial charge in [0, 0.05) is 40.8 Å². The molecule has 1 aliphatic heterocycles. The number of rotatable bonds is 2. The molecule has 3 aromatic rings. The van der Waals surface area contributed by atoms with Gasteiger partial charge in [0.05, 0.1) is 11.0 Å². The third-order valence-electron chi connectivity index (χ3n) is 6.95. The number of fused-ring (bicyclic) bond motifs is 1. The van der Waals surface area contributed by atoms with E-state index in [9.17, 15) is 0 Å². The number of nitrogens with two attached hydrogens (primary N) is 1. The number of aromatic nitrogens is 2. The summed E-state index contributed by atoms with van der Waals surface area (Å²) >= 11 is 0. The van der Waals surface area contributed by atoms with Gasteiger partial charge in [-0.05, 0) is 69.2 Å². The average Bonchev–Trinajstić information content (AvgIpc) is 3.02. The van der Waals surface area contributed by atoms with Crippen molar-refractivity contribution in [2.75, 3.05) is 10.6 Å². The van der Waals surface area contributed by atoms with Crippen LogP contribution in [0.2, 0.25) is 0 Å². The van der Waals surface area contributed by atoms with Crippen molar-refractivity contribution in [3.63, 3.8) is 0 Å². The molecule has 0 radical (unpaired) electrons. The molecule has 0 saturated heterocycles. The topological polar surface area (TPSA) is 47.1 Å². The van der Waals surface area contributed by atoms with E-state index in [4.69, 9.17) is 10.7 Å². The lowest BCUT2D eigenvalue weighted by molar-refractivity contribution is 0.510. The van der Waals surface area contributed by atoms with Crippen molar-refractivity contribution in [1.82, 2.24) is 9.55 Å². The quantitative estimate of drug-likeness (QED) is 0.529. The Labute approximate surface area is 173 Å². The normalized spacial score (nSPS) is 16.9. The number of imidazole rings is 1. The Balaban J connectivity index is 1.82. The second-order valence-electron chi connectivity index (χ2n) is 8.64. The minimum absolute atomic E-state index is 0.0726. The van der Waals surface area contributed by atoms with Crippen LogP contribution >= 0.6 is 0 Å². The molecule has 0 amide bonds. The van der Waals surface area contributed by atoms with Crippen molar-refractivity contribution < 1.29 is 0 Å². The maximum absolute atomic E-state index is 6.55. The predicted octanol–water partition coefficient (Wildman–Crippen LogP) is 6.26. The lowest BCUT2D eigenvalue weighted by atomic mass is 9.74. The van der Waals surface area contributed by atoms with Crippen molar-refractivity contribution in [2.24, 2.45) is 12.5 Å². The van der Waals surface area contributed by atoms with Gasteiger partial charge in [-0.2, -0.15) is 0 Å². The van der Waals surface area contributed by atoms with Crippen LogP contribution in [0.5, 0.6) is 0 Å². The second-order valence-corrected chi connectivity index (χ2v) is 8.64. The molecule has 2 heterocycles. The fraction of sp³-hybridized carbons (Fsp3) is 0.320. The maximum Gasteiger partial charge on any atom is 0.142 e. The number of aryl methyl sites for hydroxylation is 1. The van der Waals surface area contributed by atoms with E-state index in [1.165, 1.54) is 22.5 Å². The Morgan fingerprint density at radius 3 is 2.10 bits per heavy atom. The first-order valence-electron chi connectivity index (χ1n) is 10.1.